The Labute approximate surface area is 149 Å². The Morgan fingerprint density at radius 1 is 1.24 bits per heavy atom. The molecule has 1 atom stereocenters. The van der Waals surface area contributed by atoms with Crippen molar-refractivity contribution >= 4 is 17.9 Å². The maximum atomic E-state index is 12.6. The molecular formula is C20H26N4O. The molecule has 0 fully saturated rings. The highest BCUT2D eigenvalue weighted by molar-refractivity contribution is 5.95. The summed E-state index contributed by atoms with van der Waals surface area (Å²) in [6.07, 6.45) is 4.62. The molecule has 1 aromatic heterocycles. The highest BCUT2D eigenvalue weighted by Gasteiger charge is 2.30. The maximum absolute atomic E-state index is 12.6. The number of carbonyl (C=O) groups excluding carboxylic acids is 1. The molecule has 1 unspecified atom stereocenters. The van der Waals surface area contributed by atoms with Gasteiger partial charge in [0.2, 0.25) is 0 Å². The lowest BCUT2D eigenvalue weighted by Gasteiger charge is -2.38. The molecule has 1 N–H and O–H groups in total. The second-order valence-electron chi connectivity index (χ2n) is 6.78. The summed E-state index contributed by atoms with van der Waals surface area (Å²) in [6.45, 7) is 9.37. The number of aliphatic imine (C=N–C) groups is 1. The van der Waals surface area contributed by atoms with Crippen LogP contribution in [-0.2, 0) is 6.54 Å². The van der Waals surface area contributed by atoms with Crippen molar-refractivity contribution in [2.45, 2.75) is 53.0 Å². The van der Waals surface area contributed by atoms with Gasteiger partial charge in [0.1, 0.15) is 5.82 Å². The van der Waals surface area contributed by atoms with E-state index in [9.17, 15) is 4.79 Å². The van der Waals surface area contributed by atoms with Crippen LogP contribution in [0.5, 0.6) is 0 Å². The SMILES string of the molecule is CCCn1ccc2c1N(C(C)C)C(NC(=O)c1ccc(C)cc1)N=C2. The van der Waals surface area contributed by atoms with E-state index < -0.39 is 6.29 Å². The largest absolute Gasteiger partial charge is 0.334 e. The fourth-order valence-corrected chi connectivity index (χ4v) is 3.18. The lowest BCUT2D eigenvalue weighted by atomic mass is 10.1. The van der Waals surface area contributed by atoms with E-state index in [0.29, 0.717) is 5.56 Å². The molecule has 3 rings (SSSR count). The third-order valence-corrected chi connectivity index (χ3v) is 4.42. The van der Waals surface area contributed by atoms with Crippen molar-refractivity contribution in [3.8, 4) is 0 Å². The van der Waals surface area contributed by atoms with Crippen LogP contribution in [0.15, 0.2) is 41.5 Å². The summed E-state index contributed by atoms with van der Waals surface area (Å²) >= 11 is 0. The first-order chi connectivity index (χ1) is 12.0. The molecular weight excluding hydrogens is 312 g/mol. The number of nitrogens with zero attached hydrogens (tertiary/aromatic N) is 3. The second-order valence-corrected chi connectivity index (χ2v) is 6.78. The Bertz CT molecular complexity index is 773. The van der Waals surface area contributed by atoms with Gasteiger partial charge in [-0.05, 0) is 45.4 Å². The summed E-state index contributed by atoms with van der Waals surface area (Å²) in [4.78, 5) is 19.4. The highest BCUT2D eigenvalue weighted by Crippen LogP contribution is 2.29. The van der Waals surface area contributed by atoms with Gasteiger partial charge in [-0.15, -0.1) is 0 Å². The van der Waals surface area contributed by atoms with Crippen LogP contribution in [0.4, 0.5) is 5.82 Å². The van der Waals surface area contributed by atoms with Gasteiger partial charge >= 0.3 is 0 Å². The predicted octanol–water partition coefficient (Wildman–Crippen LogP) is 3.57. The molecule has 0 saturated carbocycles. The third kappa shape index (κ3) is 3.45. The van der Waals surface area contributed by atoms with Crippen molar-refractivity contribution in [3.63, 3.8) is 0 Å². The average Bonchev–Trinajstić information content (AvgIpc) is 2.98. The van der Waals surface area contributed by atoms with E-state index in [1.165, 1.54) is 0 Å². The molecule has 25 heavy (non-hydrogen) atoms. The minimum absolute atomic E-state index is 0.107. The number of rotatable bonds is 5. The van der Waals surface area contributed by atoms with Crippen molar-refractivity contribution in [3.05, 3.63) is 53.2 Å². The van der Waals surface area contributed by atoms with E-state index in [0.717, 1.165) is 29.9 Å². The van der Waals surface area contributed by atoms with Gasteiger partial charge in [0.15, 0.2) is 6.29 Å². The summed E-state index contributed by atoms with van der Waals surface area (Å²) in [5.74, 6) is 1.02. The first-order valence-corrected chi connectivity index (χ1v) is 8.89. The Morgan fingerprint density at radius 2 is 1.96 bits per heavy atom. The summed E-state index contributed by atoms with van der Waals surface area (Å²) in [6, 6.07) is 9.89. The molecule has 0 spiro atoms. The van der Waals surface area contributed by atoms with Crippen LogP contribution in [0.3, 0.4) is 0 Å². The van der Waals surface area contributed by atoms with Gasteiger partial charge in [-0.3, -0.25) is 4.79 Å². The summed E-state index contributed by atoms with van der Waals surface area (Å²) < 4.78 is 2.24. The van der Waals surface area contributed by atoms with Crippen molar-refractivity contribution < 1.29 is 4.79 Å². The van der Waals surface area contributed by atoms with E-state index in [-0.39, 0.29) is 11.9 Å². The second kappa shape index (κ2) is 7.13. The minimum atomic E-state index is -0.396. The number of amides is 1. The van der Waals surface area contributed by atoms with Crippen LogP contribution in [-0.4, -0.2) is 29.0 Å². The van der Waals surface area contributed by atoms with Gasteiger partial charge < -0.3 is 14.8 Å². The average molecular weight is 338 g/mol. The van der Waals surface area contributed by atoms with Gasteiger partial charge in [0.25, 0.3) is 5.91 Å². The highest BCUT2D eigenvalue weighted by atomic mass is 16.2. The zero-order chi connectivity index (χ0) is 18.0. The number of aryl methyl sites for hydroxylation is 2. The number of carbonyl (C=O) groups is 1. The predicted molar refractivity (Wildman–Crippen MR) is 102 cm³/mol. The maximum Gasteiger partial charge on any atom is 0.254 e. The van der Waals surface area contributed by atoms with Gasteiger partial charge in [-0.25, -0.2) is 4.99 Å². The van der Waals surface area contributed by atoms with Crippen LogP contribution >= 0.6 is 0 Å². The molecule has 132 valence electrons. The summed E-state index contributed by atoms with van der Waals surface area (Å²) in [5, 5.41) is 3.06. The molecule has 5 nitrogen and oxygen atoms in total. The number of hydrogen-bond donors (Lipinski definition) is 1. The zero-order valence-corrected chi connectivity index (χ0v) is 15.4. The lowest BCUT2D eigenvalue weighted by Crippen LogP contribution is -2.52. The molecule has 1 aliphatic heterocycles. The fraction of sp³-hybridized carbons (Fsp3) is 0.400. The minimum Gasteiger partial charge on any atom is -0.334 e. The quantitative estimate of drug-likeness (QED) is 0.906. The normalized spacial score (nSPS) is 16.2. The van der Waals surface area contributed by atoms with Crippen LogP contribution in [0.1, 0.15) is 48.7 Å². The van der Waals surface area contributed by atoms with Crippen molar-refractivity contribution in [1.29, 1.82) is 0 Å². The molecule has 1 aromatic carbocycles. The Morgan fingerprint density at radius 3 is 2.60 bits per heavy atom. The molecule has 0 saturated heterocycles. The van der Waals surface area contributed by atoms with Crippen LogP contribution in [0.2, 0.25) is 0 Å². The van der Waals surface area contributed by atoms with Gasteiger partial charge in [0, 0.05) is 36.1 Å². The molecule has 0 bridgehead atoms. The number of anilines is 1. The molecule has 5 heteroatoms. The number of hydrogen-bond acceptors (Lipinski definition) is 3. The van der Waals surface area contributed by atoms with Gasteiger partial charge in [-0.2, -0.15) is 0 Å². The van der Waals surface area contributed by atoms with E-state index in [1.807, 2.05) is 37.4 Å². The molecule has 1 amide bonds. The van der Waals surface area contributed by atoms with Gasteiger partial charge in [-0.1, -0.05) is 24.6 Å². The van der Waals surface area contributed by atoms with E-state index in [2.05, 4.69) is 52.8 Å². The Hall–Kier alpha value is -2.56. The fourth-order valence-electron chi connectivity index (χ4n) is 3.18. The monoisotopic (exact) mass is 338 g/mol. The van der Waals surface area contributed by atoms with Crippen LogP contribution in [0, 0.1) is 6.92 Å². The van der Waals surface area contributed by atoms with Crippen molar-refractivity contribution in [1.82, 2.24) is 9.88 Å². The van der Waals surface area contributed by atoms with Crippen LogP contribution < -0.4 is 10.2 Å². The molecule has 0 aliphatic carbocycles. The Balaban J connectivity index is 1.87. The van der Waals surface area contributed by atoms with Crippen molar-refractivity contribution in [2.75, 3.05) is 4.90 Å². The summed E-state index contributed by atoms with van der Waals surface area (Å²) in [7, 11) is 0. The standard InChI is InChI=1S/C20H26N4O/c1-5-11-23-12-10-17-13-21-20(24(14(2)3)19(17)23)22-18(25)16-8-6-15(4)7-9-16/h6-10,12-14,20H,5,11H2,1-4H3,(H,22,25). The molecule has 0 radical (unpaired) electrons. The molecule has 2 heterocycles. The van der Waals surface area contributed by atoms with Crippen LogP contribution in [0.25, 0.3) is 0 Å². The first kappa shape index (κ1) is 17.3. The molecule has 1 aliphatic rings. The number of nitrogens with one attached hydrogen (secondary N) is 1. The Kier molecular flexibility index (Phi) is 4.93. The van der Waals surface area contributed by atoms with E-state index in [1.54, 1.807) is 0 Å². The number of benzene rings is 1. The smallest absolute Gasteiger partial charge is 0.254 e. The van der Waals surface area contributed by atoms with Gasteiger partial charge in [0.05, 0.1) is 0 Å². The van der Waals surface area contributed by atoms with Crippen molar-refractivity contribution in [2.24, 2.45) is 4.99 Å². The van der Waals surface area contributed by atoms with E-state index in [4.69, 9.17) is 0 Å². The zero-order valence-electron chi connectivity index (χ0n) is 15.4. The number of aromatic nitrogens is 1. The topological polar surface area (TPSA) is 49.6 Å². The lowest BCUT2D eigenvalue weighted by molar-refractivity contribution is 0.0936. The molecule has 2 aromatic rings. The summed E-state index contributed by atoms with van der Waals surface area (Å²) in [5.41, 5.74) is 2.89. The number of fused-ring (bicyclic) bond motifs is 1. The van der Waals surface area contributed by atoms with E-state index >= 15 is 0 Å². The first-order valence-electron chi connectivity index (χ1n) is 8.89. The third-order valence-electron chi connectivity index (χ3n) is 4.42.